The molecule has 1 N–H and O–H groups in total. The molecule has 0 aliphatic rings. The van der Waals surface area contributed by atoms with E-state index in [1.807, 2.05) is 37.3 Å². The van der Waals surface area contributed by atoms with Gasteiger partial charge in [0.15, 0.2) is 5.92 Å². The molecule has 0 aliphatic carbocycles. The Morgan fingerprint density at radius 2 is 1.81 bits per heavy atom. The number of benzene rings is 2. The van der Waals surface area contributed by atoms with Gasteiger partial charge in [0.2, 0.25) is 5.89 Å². The number of aliphatic carboxylic acids is 1. The van der Waals surface area contributed by atoms with Crippen molar-refractivity contribution in [2.24, 2.45) is 5.92 Å². The lowest BCUT2D eigenvalue weighted by Gasteiger charge is -2.12. The molecule has 31 heavy (non-hydrogen) atoms. The molecule has 1 aromatic heterocycles. The van der Waals surface area contributed by atoms with E-state index < -0.39 is 17.9 Å². The minimum atomic E-state index is -1.22. The molecule has 0 bridgehead atoms. The highest BCUT2D eigenvalue weighted by molar-refractivity contribution is 5.94. The first kappa shape index (κ1) is 22.1. The summed E-state index contributed by atoms with van der Waals surface area (Å²) in [6.45, 7) is 4.09. The van der Waals surface area contributed by atoms with Gasteiger partial charge in [-0.05, 0) is 50.1 Å². The normalized spacial score (nSPS) is 11.7. The maximum Gasteiger partial charge on any atom is 0.320 e. The number of aromatic nitrogens is 1. The van der Waals surface area contributed by atoms with Crippen molar-refractivity contribution in [2.45, 2.75) is 26.7 Å². The van der Waals surface area contributed by atoms with E-state index in [0.717, 1.165) is 17.0 Å². The molecule has 7 heteroatoms. The lowest BCUT2D eigenvalue weighted by molar-refractivity contribution is -0.158. The second-order valence-corrected chi connectivity index (χ2v) is 6.98. The van der Waals surface area contributed by atoms with Crippen LogP contribution in [0, 0.1) is 12.8 Å². The maximum absolute atomic E-state index is 11.8. The van der Waals surface area contributed by atoms with Crippen molar-refractivity contribution in [1.29, 1.82) is 0 Å². The highest BCUT2D eigenvalue weighted by atomic mass is 16.5. The fourth-order valence-electron chi connectivity index (χ4n) is 3.10. The molecule has 0 aliphatic heterocycles. The number of hydrogen-bond donors (Lipinski definition) is 1. The summed E-state index contributed by atoms with van der Waals surface area (Å²) in [4.78, 5) is 27.7. The van der Waals surface area contributed by atoms with E-state index in [4.69, 9.17) is 13.9 Å². The molecule has 1 unspecified atom stereocenters. The van der Waals surface area contributed by atoms with Gasteiger partial charge in [-0.2, -0.15) is 0 Å². The van der Waals surface area contributed by atoms with E-state index >= 15 is 0 Å². The highest BCUT2D eigenvalue weighted by Gasteiger charge is 2.27. The number of hydrogen-bond acceptors (Lipinski definition) is 6. The number of aryl methyl sites for hydroxylation is 1. The van der Waals surface area contributed by atoms with Gasteiger partial charge in [-0.15, -0.1) is 0 Å². The van der Waals surface area contributed by atoms with Crippen LogP contribution in [0.2, 0.25) is 0 Å². The first-order chi connectivity index (χ1) is 15.0. The van der Waals surface area contributed by atoms with Crippen LogP contribution in [-0.2, 0) is 27.2 Å². The molecular weight excluding hydrogens is 398 g/mol. The van der Waals surface area contributed by atoms with Crippen molar-refractivity contribution in [2.75, 3.05) is 13.2 Å². The molecule has 0 amide bonds. The zero-order valence-corrected chi connectivity index (χ0v) is 17.5. The van der Waals surface area contributed by atoms with Gasteiger partial charge in [-0.1, -0.05) is 30.3 Å². The molecule has 0 spiro atoms. The third kappa shape index (κ3) is 5.94. The number of rotatable bonds is 10. The first-order valence-corrected chi connectivity index (χ1v) is 10.1. The average Bonchev–Trinajstić information content (AvgIpc) is 3.14. The summed E-state index contributed by atoms with van der Waals surface area (Å²) in [5.41, 5.74) is 2.48. The van der Waals surface area contributed by atoms with Gasteiger partial charge in [0, 0.05) is 12.0 Å². The van der Waals surface area contributed by atoms with Crippen LogP contribution in [0.5, 0.6) is 5.75 Å². The molecular formula is C24H25NO6. The molecule has 0 fully saturated rings. The Hall–Kier alpha value is -3.61. The number of ether oxygens (including phenoxy) is 2. The summed E-state index contributed by atoms with van der Waals surface area (Å²) in [5.74, 6) is -1.15. The number of nitrogens with zero attached hydrogens (tertiary/aromatic N) is 1. The van der Waals surface area contributed by atoms with Crippen LogP contribution in [0.1, 0.15) is 23.9 Å². The lowest BCUT2D eigenvalue weighted by atomic mass is 9.99. The smallest absolute Gasteiger partial charge is 0.320 e. The molecule has 3 rings (SSSR count). The zero-order chi connectivity index (χ0) is 22.2. The maximum atomic E-state index is 11.8. The van der Waals surface area contributed by atoms with Crippen molar-refractivity contribution in [3.63, 3.8) is 0 Å². The second kappa shape index (κ2) is 10.4. The Labute approximate surface area is 180 Å². The van der Waals surface area contributed by atoms with Crippen molar-refractivity contribution in [1.82, 2.24) is 4.98 Å². The molecule has 2 aromatic carbocycles. The number of esters is 1. The number of carbonyl (C=O) groups is 2. The quantitative estimate of drug-likeness (QED) is 0.387. The van der Waals surface area contributed by atoms with Gasteiger partial charge in [0.25, 0.3) is 0 Å². The summed E-state index contributed by atoms with van der Waals surface area (Å²) in [5, 5.41) is 9.27. The van der Waals surface area contributed by atoms with Crippen molar-refractivity contribution in [3.8, 4) is 17.2 Å². The first-order valence-electron chi connectivity index (χ1n) is 10.1. The van der Waals surface area contributed by atoms with E-state index in [1.54, 1.807) is 31.2 Å². The predicted octanol–water partition coefficient (Wildman–Crippen LogP) is 4.08. The molecule has 3 aromatic rings. The van der Waals surface area contributed by atoms with Gasteiger partial charge in [0.05, 0.1) is 18.9 Å². The molecule has 0 radical (unpaired) electrons. The van der Waals surface area contributed by atoms with Crippen LogP contribution in [0.3, 0.4) is 0 Å². The van der Waals surface area contributed by atoms with E-state index in [-0.39, 0.29) is 13.0 Å². The summed E-state index contributed by atoms with van der Waals surface area (Å²) >= 11 is 0. The van der Waals surface area contributed by atoms with Crippen LogP contribution in [-0.4, -0.2) is 35.2 Å². The monoisotopic (exact) mass is 423 g/mol. The van der Waals surface area contributed by atoms with Crippen molar-refractivity contribution in [3.05, 3.63) is 71.6 Å². The number of oxazole rings is 1. The third-order valence-corrected chi connectivity index (χ3v) is 4.75. The van der Waals surface area contributed by atoms with E-state index in [1.165, 1.54) is 0 Å². The Kier molecular flexibility index (Phi) is 7.43. The minimum Gasteiger partial charge on any atom is -0.493 e. The highest BCUT2D eigenvalue weighted by Crippen LogP contribution is 2.22. The fourth-order valence-corrected chi connectivity index (χ4v) is 3.10. The summed E-state index contributed by atoms with van der Waals surface area (Å²) in [6.07, 6.45) is 0.655. The van der Waals surface area contributed by atoms with E-state index in [9.17, 15) is 14.7 Å². The topological polar surface area (TPSA) is 98.9 Å². The molecule has 0 saturated carbocycles. The molecule has 1 atom stereocenters. The van der Waals surface area contributed by atoms with Gasteiger partial charge in [0.1, 0.15) is 11.5 Å². The predicted molar refractivity (Wildman–Crippen MR) is 114 cm³/mol. The van der Waals surface area contributed by atoms with Gasteiger partial charge in [-0.25, -0.2) is 4.98 Å². The molecule has 1 heterocycles. The summed E-state index contributed by atoms with van der Waals surface area (Å²) in [7, 11) is 0. The van der Waals surface area contributed by atoms with Crippen molar-refractivity contribution >= 4 is 11.9 Å². The molecule has 7 nitrogen and oxygen atoms in total. The number of carboxylic acid groups (broad SMARTS) is 1. The Morgan fingerprint density at radius 1 is 1.10 bits per heavy atom. The van der Waals surface area contributed by atoms with Gasteiger partial charge >= 0.3 is 11.9 Å². The van der Waals surface area contributed by atoms with Crippen LogP contribution in [0.25, 0.3) is 11.5 Å². The zero-order valence-electron chi connectivity index (χ0n) is 17.5. The largest absolute Gasteiger partial charge is 0.493 e. The second-order valence-electron chi connectivity index (χ2n) is 6.98. The lowest BCUT2D eigenvalue weighted by Crippen LogP contribution is -2.27. The molecule has 0 saturated heterocycles. The van der Waals surface area contributed by atoms with Gasteiger partial charge < -0.3 is 19.0 Å². The minimum absolute atomic E-state index is 0.0643. The Morgan fingerprint density at radius 3 is 2.45 bits per heavy atom. The summed E-state index contributed by atoms with van der Waals surface area (Å²) in [6, 6.07) is 16.7. The fraction of sp³-hybridized carbons (Fsp3) is 0.292. The standard InChI is InChI=1S/C24H25NO6/c1-3-29-24(28)20(23(26)27)15-17-9-11-19(12-10-17)30-14-13-21-16(2)31-22(25-21)18-7-5-4-6-8-18/h4-12,20H,3,13-15H2,1-2H3,(H,26,27). The Bertz CT molecular complexity index is 1010. The van der Waals surface area contributed by atoms with Crippen LogP contribution in [0.15, 0.2) is 59.0 Å². The van der Waals surface area contributed by atoms with E-state index in [2.05, 4.69) is 4.98 Å². The van der Waals surface area contributed by atoms with Crippen molar-refractivity contribution < 1.29 is 28.6 Å². The van der Waals surface area contributed by atoms with Crippen LogP contribution >= 0.6 is 0 Å². The van der Waals surface area contributed by atoms with Gasteiger partial charge in [-0.3, -0.25) is 9.59 Å². The Balaban J connectivity index is 1.54. The number of carboxylic acids is 1. The van der Waals surface area contributed by atoms with Crippen LogP contribution < -0.4 is 4.74 Å². The third-order valence-electron chi connectivity index (χ3n) is 4.75. The SMILES string of the molecule is CCOC(=O)C(Cc1ccc(OCCc2nc(-c3ccccc3)oc2C)cc1)C(=O)O. The van der Waals surface area contributed by atoms with E-state index in [0.29, 0.717) is 30.2 Å². The molecule has 162 valence electrons. The van der Waals surface area contributed by atoms with Crippen LogP contribution in [0.4, 0.5) is 0 Å². The average molecular weight is 423 g/mol. The summed E-state index contributed by atoms with van der Waals surface area (Å²) < 4.78 is 16.4. The number of carbonyl (C=O) groups excluding carboxylic acids is 1.